The molecule has 1 aliphatic heterocycles. The number of nitrogens with one attached hydrogen (secondary N) is 2. The number of carbonyl (C=O) groups excluding carboxylic acids is 1. The number of halogens is 1. The molecule has 1 unspecified atom stereocenters. The summed E-state index contributed by atoms with van der Waals surface area (Å²) in [4.78, 5) is 20.4. The lowest BCUT2D eigenvalue weighted by Gasteiger charge is -2.35. The molecule has 1 aliphatic rings. The Morgan fingerprint density at radius 1 is 1.23 bits per heavy atom. The maximum atomic E-state index is 11.9. The van der Waals surface area contributed by atoms with Crippen LogP contribution < -0.4 is 15.4 Å². The molecule has 2 rings (SSSR count). The Labute approximate surface area is 198 Å². The summed E-state index contributed by atoms with van der Waals surface area (Å²) in [6, 6.07) is 8.49. The highest BCUT2D eigenvalue weighted by atomic mass is 127. The predicted molar refractivity (Wildman–Crippen MR) is 134 cm³/mol. The van der Waals surface area contributed by atoms with Crippen molar-refractivity contribution in [3.8, 4) is 5.75 Å². The Bertz CT molecular complexity index is 673. The van der Waals surface area contributed by atoms with Gasteiger partial charge in [-0.1, -0.05) is 24.6 Å². The van der Waals surface area contributed by atoms with Gasteiger partial charge in [0.15, 0.2) is 5.96 Å². The SMILES string of the molecule is C=CCNC(=NCC(=O)N(C)C)NCC(c1ccc(OC)cc1)N1CCCCC1.I. The number of aliphatic imine (C=N–C) groups is 1. The second-order valence-electron chi connectivity index (χ2n) is 7.39. The minimum atomic E-state index is -0.0348. The number of ether oxygens (including phenoxy) is 1. The van der Waals surface area contributed by atoms with Gasteiger partial charge in [-0.05, 0) is 43.6 Å². The normalized spacial score (nSPS) is 15.5. The third-order valence-electron chi connectivity index (χ3n) is 5.08. The zero-order valence-electron chi connectivity index (χ0n) is 18.4. The minimum Gasteiger partial charge on any atom is -0.497 e. The van der Waals surface area contributed by atoms with Gasteiger partial charge < -0.3 is 20.3 Å². The maximum Gasteiger partial charge on any atom is 0.243 e. The molecule has 1 aromatic carbocycles. The standard InChI is InChI=1S/C22H35N5O2.HI/c1-5-13-23-22(25-17-21(28)26(2)3)24-16-20(27-14-7-6-8-15-27)18-9-11-19(29-4)12-10-18;/h5,9-12,20H,1,6-8,13-17H2,2-4H3,(H2,23,24,25);1H. The Balaban J connectivity index is 0.00000450. The van der Waals surface area contributed by atoms with Gasteiger partial charge in [-0.25, -0.2) is 4.99 Å². The first-order chi connectivity index (χ1) is 14.0. The summed E-state index contributed by atoms with van der Waals surface area (Å²) in [7, 11) is 5.15. The highest BCUT2D eigenvalue weighted by Crippen LogP contribution is 2.25. The molecule has 1 atom stereocenters. The molecule has 30 heavy (non-hydrogen) atoms. The Morgan fingerprint density at radius 3 is 2.47 bits per heavy atom. The lowest BCUT2D eigenvalue weighted by atomic mass is 10.0. The van der Waals surface area contributed by atoms with Gasteiger partial charge in [0.05, 0.1) is 13.2 Å². The average Bonchev–Trinajstić information content (AvgIpc) is 2.76. The van der Waals surface area contributed by atoms with E-state index in [1.54, 1.807) is 32.2 Å². The third kappa shape index (κ3) is 8.51. The lowest BCUT2D eigenvalue weighted by molar-refractivity contribution is -0.127. The van der Waals surface area contributed by atoms with Gasteiger partial charge in [0, 0.05) is 27.2 Å². The van der Waals surface area contributed by atoms with E-state index in [2.05, 4.69) is 39.2 Å². The van der Waals surface area contributed by atoms with Crippen LogP contribution in [0.4, 0.5) is 0 Å². The molecule has 0 aromatic heterocycles. The predicted octanol–water partition coefficient (Wildman–Crippen LogP) is 2.65. The van der Waals surface area contributed by atoms with Gasteiger partial charge in [0.2, 0.25) is 5.91 Å². The van der Waals surface area contributed by atoms with Crippen LogP contribution in [-0.4, -0.2) is 75.6 Å². The molecule has 1 saturated heterocycles. The van der Waals surface area contributed by atoms with E-state index in [9.17, 15) is 4.79 Å². The number of likely N-dealkylation sites (N-methyl/N-ethyl adjacent to an activating group) is 1. The molecule has 0 radical (unpaired) electrons. The molecule has 0 bridgehead atoms. The fourth-order valence-corrected chi connectivity index (χ4v) is 3.34. The van der Waals surface area contributed by atoms with Gasteiger partial charge in [-0.3, -0.25) is 9.69 Å². The van der Waals surface area contributed by atoms with Gasteiger partial charge in [0.1, 0.15) is 12.3 Å². The zero-order chi connectivity index (χ0) is 21.1. The summed E-state index contributed by atoms with van der Waals surface area (Å²) in [6.45, 7) is 7.31. The van der Waals surface area contributed by atoms with Gasteiger partial charge in [-0.15, -0.1) is 30.6 Å². The summed E-state index contributed by atoms with van der Waals surface area (Å²) >= 11 is 0. The van der Waals surface area contributed by atoms with Crippen molar-refractivity contribution < 1.29 is 9.53 Å². The molecule has 8 heteroatoms. The number of hydrogen-bond acceptors (Lipinski definition) is 4. The molecule has 7 nitrogen and oxygen atoms in total. The first kappa shape index (κ1) is 26.2. The second-order valence-corrected chi connectivity index (χ2v) is 7.39. The fraction of sp³-hybridized carbons (Fsp3) is 0.545. The van der Waals surface area contributed by atoms with Crippen molar-refractivity contribution in [1.82, 2.24) is 20.4 Å². The molecular weight excluding hydrogens is 493 g/mol. The van der Waals surface area contributed by atoms with E-state index in [4.69, 9.17) is 4.74 Å². The van der Waals surface area contributed by atoms with Gasteiger partial charge in [-0.2, -0.15) is 0 Å². The van der Waals surface area contributed by atoms with Gasteiger partial charge >= 0.3 is 0 Å². The highest BCUT2D eigenvalue weighted by molar-refractivity contribution is 14.0. The van der Waals surface area contributed by atoms with Crippen molar-refractivity contribution in [2.24, 2.45) is 4.99 Å². The molecule has 0 aliphatic carbocycles. The summed E-state index contributed by atoms with van der Waals surface area (Å²) in [5, 5.41) is 6.62. The number of piperidine rings is 1. The number of rotatable bonds is 9. The largest absolute Gasteiger partial charge is 0.497 e. The van der Waals surface area contributed by atoms with E-state index in [1.807, 2.05) is 12.1 Å². The Hall–Kier alpha value is -1.81. The summed E-state index contributed by atoms with van der Waals surface area (Å²) in [5.41, 5.74) is 1.24. The van der Waals surface area contributed by atoms with E-state index in [0.29, 0.717) is 19.0 Å². The van der Waals surface area contributed by atoms with Crippen LogP contribution in [0.2, 0.25) is 0 Å². The van der Waals surface area contributed by atoms with Crippen LogP contribution in [0.5, 0.6) is 5.75 Å². The van der Waals surface area contributed by atoms with E-state index < -0.39 is 0 Å². The smallest absolute Gasteiger partial charge is 0.243 e. The number of hydrogen-bond donors (Lipinski definition) is 2. The summed E-state index contributed by atoms with van der Waals surface area (Å²) in [5.74, 6) is 1.44. The first-order valence-electron chi connectivity index (χ1n) is 10.3. The van der Waals surface area contributed by atoms with Crippen LogP contribution in [-0.2, 0) is 4.79 Å². The number of guanidine groups is 1. The van der Waals surface area contributed by atoms with Gasteiger partial charge in [0.25, 0.3) is 0 Å². The Morgan fingerprint density at radius 2 is 1.90 bits per heavy atom. The van der Waals surface area contributed by atoms with Crippen LogP contribution in [0.25, 0.3) is 0 Å². The number of benzene rings is 1. The summed E-state index contributed by atoms with van der Waals surface area (Å²) < 4.78 is 5.31. The van der Waals surface area contributed by atoms with Crippen LogP contribution in [0.3, 0.4) is 0 Å². The quantitative estimate of drug-likeness (QED) is 0.223. The number of nitrogens with zero attached hydrogens (tertiary/aromatic N) is 3. The van der Waals surface area contributed by atoms with Crippen molar-refractivity contribution in [1.29, 1.82) is 0 Å². The molecule has 168 valence electrons. The molecule has 1 fully saturated rings. The van der Waals surface area contributed by atoms with E-state index in [1.165, 1.54) is 24.8 Å². The fourth-order valence-electron chi connectivity index (χ4n) is 3.34. The zero-order valence-corrected chi connectivity index (χ0v) is 20.7. The third-order valence-corrected chi connectivity index (χ3v) is 5.08. The molecular formula is C22H36IN5O2. The lowest BCUT2D eigenvalue weighted by Crippen LogP contribution is -2.45. The number of methoxy groups -OCH3 is 1. The Kier molecular flexibility index (Phi) is 12.4. The van der Waals surface area contributed by atoms with Crippen LogP contribution in [0.15, 0.2) is 41.9 Å². The van der Waals surface area contributed by atoms with Crippen molar-refractivity contribution >= 4 is 35.8 Å². The van der Waals surface area contributed by atoms with Crippen molar-refractivity contribution in [2.75, 3.05) is 53.9 Å². The molecule has 2 N–H and O–H groups in total. The molecule has 0 saturated carbocycles. The number of amides is 1. The minimum absolute atomic E-state index is 0. The topological polar surface area (TPSA) is 69.2 Å². The number of likely N-dealkylation sites (tertiary alicyclic amines) is 1. The molecule has 1 heterocycles. The first-order valence-corrected chi connectivity index (χ1v) is 10.3. The van der Waals surface area contributed by atoms with E-state index in [-0.39, 0.29) is 42.5 Å². The highest BCUT2D eigenvalue weighted by Gasteiger charge is 2.22. The maximum absolute atomic E-state index is 11.9. The van der Waals surface area contributed by atoms with Crippen molar-refractivity contribution in [2.45, 2.75) is 25.3 Å². The van der Waals surface area contributed by atoms with Crippen molar-refractivity contribution in [3.05, 3.63) is 42.5 Å². The second kappa shape index (κ2) is 14.2. The van der Waals surface area contributed by atoms with Crippen LogP contribution in [0, 0.1) is 0 Å². The summed E-state index contributed by atoms with van der Waals surface area (Å²) in [6.07, 6.45) is 5.51. The molecule has 1 aromatic rings. The molecule has 0 spiro atoms. The monoisotopic (exact) mass is 529 g/mol. The van der Waals surface area contributed by atoms with E-state index >= 15 is 0 Å². The van der Waals surface area contributed by atoms with E-state index in [0.717, 1.165) is 18.8 Å². The molecule has 1 amide bonds. The average molecular weight is 529 g/mol. The van der Waals surface area contributed by atoms with Crippen molar-refractivity contribution in [3.63, 3.8) is 0 Å². The van der Waals surface area contributed by atoms with Crippen LogP contribution >= 0.6 is 24.0 Å². The number of carbonyl (C=O) groups is 1. The van der Waals surface area contributed by atoms with Crippen LogP contribution in [0.1, 0.15) is 30.9 Å².